The standard InChI is InChI=1S/C19H22N2O6S/c1-14-17(8-13-26-14)19(23)27-15(2)18(22)20-9-11-21(12-10-20)28(24,25)16-6-4-3-5-7-16/h3-8,13,15H,9-12H2,1-2H3/t15-/m0/s1. The van der Waals surface area contributed by atoms with Gasteiger partial charge in [0.1, 0.15) is 11.3 Å². The average Bonchev–Trinajstić information content (AvgIpc) is 3.14. The number of aryl methyl sites for hydroxylation is 1. The first-order valence-electron chi connectivity index (χ1n) is 8.90. The van der Waals surface area contributed by atoms with Crippen LogP contribution in [0.1, 0.15) is 23.0 Å². The van der Waals surface area contributed by atoms with Gasteiger partial charge in [-0.2, -0.15) is 4.31 Å². The van der Waals surface area contributed by atoms with Crippen LogP contribution in [0.5, 0.6) is 0 Å². The van der Waals surface area contributed by atoms with Gasteiger partial charge in [0.2, 0.25) is 10.0 Å². The molecule has 1 amide bonds. The summed E-state index contributed by atoms with van der Waals surface area (Å²) < 4.78 is 37.0. The molecule has 0 saturated carbocycles. The summed E-state index contributed by atoms with van der Waals surface area (Å²) in [5.74, 6) is -0.562. The van der Waals surface area contributed by atoms with Crippen molar-refractivity contribution in [2.45, 2.75) is 24.8 Å². The van der Waals surface area contributed by atoms with E-state index < -0.39 is 22.1 Å². The van der Waals surface area contributed by atoms with E-state index in [1.807, 2.05) is 0 Å². The molecule has 1 aliphatic rings. The molecule has 0 aliphatic carbocycles. The van der Waals surface area contributed by atoms with E-state index in [9.17, 15) is 18.0 Å². The van der Waals surface area contributed by atoms with Gasteiger partial charge >= 0.3 is 5.97 Å². The number of ether oxygens (including phenoxy) is 1. The molecule has 1 aromatic carbocycles. The number of carbonyl (C=O) groups is 2. The first kappa shape index (κ1) is 20.1. The van der Waals surface area contributed by atoms with Gasteiger partial charge in [-0.1, -0.05) is 18.2 Å². The Bertz CT molecular complexity index is 946. The number of esters is 1. The van der Waals surface area contributed by atoms with Crippen LogP contribution < -0.4 is 0 Å². The first-order chi connectivity index (χ1) is 13.3. The Labute approximate surface area is 163 Å². The van der Waals surface area contributed by atoms with Gasteiger partial charge in [-0.3, -0.25) is 4.79 Å². The van der Waals surface area contributed by atoms with Gasteiger partial charge < -0.3 is 14.1 Å². The van der Waals surface area contributed by atoms with Crippen LogP contribution >= 0.6 is 0 Å². The zero-order valence-corrected chi connectivity index (χ0v) is 16.5. The van der Waals surface area contributed by atoms with Gasteiger partial charge in [0.15, 0.2) is 6.10 Å². The van der Waals surface area contributed by atoms with Crippen molar-refractivity contribution in [1.82, 2.24) is 9.21 Å². The van der Waals surface area contributed by atoms with Gasteiger partial charge in [0.25, 0.3) is 5.91 Å². The molecule has 28 heavy (non-hydrogen) atoms. The minimum atomic E-state index is -3.59. The Hall–Kier alpha value is -2.65. The van der Waals surface area contributed by atoms with Crippen molar-refractivity contribution in [3.8, 4) is 0 Å². The van der Waals surface area contributed by atoms with Gasteiger partial charge in [-0.15, -0.1) is 0 Å². The van der Waals surface area contributed by atoms with Gasteiger partial charge in [0, 0.05) is 26.2 Å². The van der Waals surface area contributed by atoms with E-state index in [0.717, 1.165) is 0 Å². The normalized spacial score (nSPS) is 16.6. The largest absolute Gasteiger partial charge is 0.469 e. The van der Waals surface area contributed by atoms with Crippen LogP contribution in [-0.2, 0) is 19.6 Å². The molecule has 2 heterocycles. The second kappa shape index (κ2) is 8.15. The van der Waals surface area contributed by atoms with E-state index in [4.69, 9.17) is 9.15 Å². The molecule has 1 atom stereocenters. The summed E-state index contributed by atoms with van der Waals surface area (Å²) in [7, 11) is -3.59. The monoisotopic (exact) mass is 406 g/mol. The van der Waals surface area contributed by atoms with Crippen LogP contribution in [-0.4, -0.2) is 61.8 Å². The summed E-state index contributed by atoms with van der Waals surface area (Å²) in [6.07, 6.45) is 0.407. The fraction of sp³-hybridized carbons (Fsp3) is 0.368. The number of amides is 1. The lowest BCUT2D eigenvalue weighted by molar-refractivity contribution is -0.141. The van der Waals surface area contributed by atoms with Gasteiger partial charge in [-0.25, -0.2) is 13.2 Å². The van der Waals surface area contributed by atoms with Crippen LogP contribution in [0.25, 0.3) is 0 Å². The van der Waals surface area contributed by atoms with Gasteiger partial charge in [0.05, 0.1) is 11.2 Å². The molecule has 150 valence electrons. The fourth-order valence-electron chi connectivity index (χ4n) is 3.02. The average molecular weight is 406 g/mol. The molecule has 8 nitrogen and oxygen atoms in total. The number of hydrogen-bond acceptors (Lipinski definition) is 6. The second-order valence-electron chi connectivity index (χ2n) is 6.48. The third kappa shape index (κ3) is 4.10. The predicted octanol–water partition coefficient (Wildman–Crippen LogP) is 1.67. The number of furan rings is 1. The predicted molar refractivity (Wildman–Crippen MR) is 100 cm³/mol. The topological polar surface area (TPSA) is 97.1 Å². The molecule has 0 radical (unpaired) electrons. The molecule has 0 spiro atoms. The maximum absolute atomic E-state index is 12.7. The SMILES string of the molecule is Cc1occc1C(=O)O[C@@H](C)C(=O)N1CCN(S(=O)(=O)c2ccccc2)CC1. The zero-order valence-electron chi connectivity index (χ0n) is 15.7. The summed E-state index contributed by atoms with van der Waals surface area (Å²) in [6.45, 7) is 3.97. The minimum Gasteiger partial charge on any atom is -0.469 e. The number of rotatable bonds is 5. The van der Waals surface area contributed by atoms with Crippen LogP contribution in [0.4, 0.5) is 0 Å². The van der Waals surface area contributed by atoms with Crippen molar-refractivity contribution in [3.63, 3.8) is 0 Å². The molecule has 0 N–H and O–H groups in total. The Balaban J connectivity index is 1.58. The number of hydrogen-bond donors (Lipinski definition) is 0. The van der Waals surface area contributed by atoms with Crippen LogP contribution in [0.3, 0.4) is 0 Å². The molecule has 3 rings (SSSR count). The van der Waals surface area contributed by atoms with Gasteiger partial charge in [-0.05, 0) is 32.0 Å². The molecular formula is C19H22N2O6S. The molecule has 2 aromatic rings. The fourth-order valence-corrected chi connectivity index (χ4v) is 4.46. The minimum absolute atomic E-state index is 0.185. The van der Waals surface area contributed by atoms with E-state index in [-0.39, 0.29) is 42.5 Å². The second-order valence-corrected chi connectivity index (χ2v) is 8.42. The van der Waals surface area contributed by atoms with E-state index >= 15 is 0 Å². The van der Waals surface area contributed by atoms with E-state index in [1.54, 1.807) is 37.3 Å². The molecule has 1 saturated heterocycles. The number of benzene rings is 1. The Morgan fingerprint density at radius 1 is 1.07 bits per heavy atom. The lowest BCUT2D eigenvalue weighted by atomic mass is 10.2. The van der Waals surface area contributed by atoms with Crippen molar-refractivity contribution in [2.24, 2.45) is 0 Å². The van der Waals surface area contributed by atoms with E-state index in [0.29, 0.717) is 5.76 Å². The van der Waals surface area contributed by atoms with Crippen molar-refractivity contribution in [2.75, 3.05) is 26.2 Å². The van der Waals surface area contributed by atoms with Crippen molar-refractivity contribution < 1.29 is 27.2 Å². The Kier molecular flexibility index (Phi) is 5.85. The molecule has 0 bridgehead atoms. The molecular weight excluding hydrogens is 384 g/mol. The summed E-state index contributed by atoms with van der Waals surface area (Å²) in [4.78, 5) is 26.4. The number of sulfonamides is 1. The van der Waals surface area contributed by atoms with Crippen molar-refractivity contribution in [3.05, 3.63) is 54.0 Å². The van der Waals surface area contributed by atoms with Crippen LogP contribution in [0.15, 0.2) is 52.0 Å². The van der Waals surface area contributed by atoms with Crippen molar-refractivity contribution >= 4 is 21.9 Å². The molecule has 1 aliphatic heterocycles. The maximum atomic E-state index is 12.7. The number of carbonyl (C=O) groups excluding carboxylic acids is 2. The summed E-state index contributed by atoms with van der Waals surface area (Å²) in [6, 6.07) is 9.68. The molecule has 9 heteroatoms. The summed E-state index contributed by atoms with van der Waals surface area (Å²) >= 11 is 0. The molecule has 0 unspecified atom stereocenters. The highest BCUT2D eigenvalue weighted by atomic mass is 32.2. The zero-order chi connectivity index (χ0) is 20.3. The highest BCUT2D eigenvalue weighted by molar-refractivity contribution is 7.89. The van der Waals surface area contributed by atoms with E-state index in [2.05, 4.69) is 0 Å². The lowest BCUT2D eigenvalue weighted by Gasteiger charge is -2.35. The highest BCUT2D eigenvalue weighted by Crippen LogP contribution is 2.18. The Morgan fingerprint density at radius 2 is 1.71 bits per heavy atom. The highest BCUT2D eigenvalue weighted by Gasteiger charge is 2.32. The Morgan fingerprint density at radius 3 is 2.29 bits per heavy atom. The lowest BCUT2D eigenvalue weighted by Crippen LogP contribution is -2.52. The first-order valence-corrected chi connectivity index (χ1v) is 10.3. The van der Waals surface area contributed by atoms with Crippen molar-refractivity contribution in [1.29, 1.82) is 0 Å². The van der Waals surface area contributed by atoms with E-state index in [1.165, 1.54) is 28.5 Å². The quantitative estimate of drug-likeness (QED) is 0.701. The number of piperazine rings is 1. The van der Waals surface area contributed by atoms with Crippen LogP contribution in [0, 0.1) is 6.92 Å². The summed E-state index contributed by atoms with van der Waals surface area (Å²) in [5, 5.41) is 0. The molecule has 1 fully saturated rings. The maximum Gasteiger partial charge on any atom is 0.342 e. The molecule has 1 aromatic heterocycles. The smallest absolute Gasteiger partial charge is 0.342 e. The number of nitrogens with zero attached hydrogens (tertiary/aromatic N) is 2. The third-order valence-electron chi connectivity index (χ3n) is 4.64. The third-order valence-corrected chi connectivity index (χ3v) is 6.55. The van der Waals surface area contributed by atoms with Crippen LogP contribution in [0.2, 0.25) is 0 Å². The summed E-state index contributed by atoms with van der Waals surface area (Å²) in [5.41, 5.74) is 0.276.